The number of ketones is 1. The SMILES string of the molecule is CCOC1=C(C(NC(=O)Nc2cccc(C(F)(F)F)c2)c2ccc(C#N)cc2)C(=O)CC(C(F)(F)F)C1.CC[O+](CC)CC.F[B-](F)(F)F. The molecule has 0 aliphatic heterocycles. The van der Waals surface area contributed by atoms with E-state index in [1.807, 2.05) is 6.07 Å². The Morgan fingerprint density at radius 1 is 0.959 bits per heavy atom. The topological polar surface area (TPSA) is 93.9 Å². The number of urea groups is 1. The maximum absolute atomic E-state index is 13.4. The van der Waals surface area contributed by atoms with Crippen LogP contribution >= 0.6 is 0 Å². The lowest BCUT2D eigenvalue weighted by Crippen LogP contribution is -2.39. The van der Waals surface area contributed by atoms with E-state index in [1.165, 1.54) is 37.3 Å². The van der Waals surface area contributed by atoms with E-state index < -0.39 is 61.8 Å². The van der Waals surface area contributed by atoms with E-state index >= 15 is 0 Å². The molecule has 2 atom stereocenters. The highest BCUT2D eigenvalue weighted by atomic mass is 19.5. The molecule has 0 saturated heterocycles. The van der Waals surface area contributed by atoms with Crippen molar-refractivity contribution in [2.75, 3.05) is 31.7 Å². The number of allylic oxidation sites excluding steroid dienone is 1. The first kappa shape index (κ1) is 42.8. The zero-order chi connectivity index (χ0) is 37.6. The lowest BCUT2D eigenvalue weighted by Gasteiger charge is -2.31. The molecule has 2 unspecified atom stereocenters. The van der Waals surface area contributed by atoms with Crippen molar-refractivity contribution < 1.29 is 62.3 Å². The zero-order valence-electron chi connectivity index (χ0n) is 27.0. The molecule has 2 aromatic carbocycles. The highest BCUT2D eigenvalue weighted by Crippen LogP contribution is 2.42. The van der Waals surface area contributed by atoms with Crippen LogP contribution in [-0.4, -0.2) is 51.7 Å². The van der Waals surface area contributed by atoms with Crippen molar-refractivity contribution in [3.05, 3.63) is 76.6 Å². The number of hydrogen-bond acceptors (Lipinski definition) is 4. The van der Waals surface area contributed by atoms with Gasteiger partial charge in [-0.2, -0.15) is 31.6 Å². The summed E-state index contributed by atoms with van der Waals surface area (Å²) in [6.45, 7) is 11.2. The van der Waals surface area contributed by atoms with Crippen LogP contribution in [0.5, 0.6) is 0 Å². The summed E-state index contributed by atoms with van der Waals surface area (Å²) in [7, 11) is -6.00. The molecule has 1 aliphatic rings. The highest BCUT2D eigenvalue weighted by Gasteiger charge is 2.46. The first-order chi connectivity index (χ1) is 22.7. The van der Waals surface area contributed by atoms with Crippen LogP contribution in [0.3, 0.4) is 0 Å². The van der Waals surface area contributed by atoms with Gasteiger partial charge >= 0.3 is 25.6 Å². The van der Waals surface area contributed by atoms with E-state index in [4.69, 9.17) is 10.00 Å². The normalized spacial score (nSPS) is 15.6. The van der Waals surface area contributed by atoms with Crippen LogP contribution in [0.15, 0.2) is 59.9 Å². The maximum Gasteiger partial charge on any atom is 0.673 e. The molecular formula is C31H36BF10N3O4. The number of anilines is 1. The molecule has 2 aromatic rings. The second kappa shape index (κ2) is 19.1. The molecule has 1 aliphatic carbocycles. The predicted octanol–water partition coefficient (Wildman–Crippen LogP) is 9.17. The number of Topliss-reactive ketones (excluding diaryl/α,β-unsaturated/α-hetero) is 1. The average molecular weight is 715 g/mol. The summed E-state index contributed by atoms with van der Waals surface area (Å²) >= 11 is 0. The molecule has 3 rings (SSSR count). The van der Waals surface area contributed by atoms with Crippen LogP contribution in [-0.2, 0) is 20.1 Å². The number of amides is 2. The summed E-state index contributed by atoms with van der Waals surface area (Å²) in [5, 5.41) is 13.8. The Kier molecular flexibility index (Phi) is 16.6. The van der Waals surface area contributed by atoms with Crippen molar-refractivity contribution in [3.63, 3.8) is 0 Å². The molecule has 0 aromatic heterocycles. The minimum atomic E-state index is -6.00. The number of nitrogens with one attached hydrogen (secondary N) is 2. The quantitative estimate of drug-likeness (QED) is 0.154. The zero-order valence-corrected chi connectivity index (χ0v) is 27.0. The number of alkyl halides is 6. The van der Waals surface area contributed by atoms with Gasteiger partial charge in [-0.15, -0.1) is 0 Å². The van der Waals surface area contributed by atoms with Crippen molar-refractivity contribution in [1.82, 2.24) is 5.32 Å². The molecule has 7 nitrogen and oxygen atoms in total. The number of nitriles is 1. The smallest absolute Gasteiger partial charge is 0.498 e. The maximum atomic E-state index is 13.4. The second-order valence-electron chi connectivity index (χ2n) is 10.2. The molecular weight excluding hydrogens is 679 g/mol. The van der Waals surface area contributed by atoms with Crippen molar-refractivity contribution in [1.29, 1.82) is 5.26 Å². The van der Waals surface area contributed by atoms with E-state index in [-0.39, 0.29) is 34.8 Å². The number of carbonyl (C=O) groups excluding carboxylic acids is 2. The van der Waals surface area contributed by atoms with Gasteiger partial charge < -0.3 is 37.0 Å². The standard InChI is InChI=1S/C25H21F6N3O3.C6H15O.BF4/c1-2-37-20-12-17(25(29,30)31)11-19(35)21(20)22(15-8-6-14(13-32)7-9-15)34-23(36)33-18-5-3-4-16(10-18)24(26,27)28;1-4-7(5-2)6-3;2-1(3,4)5/h3-10,17,22H,2,11-12H2,1H3,(H2,33,34,36);4-6H2,1-3H3;/q;+1;-1. The van der Waals surface area contributed by atoms with Gasteiger partial charge in [0.25, 0.3) is 0 Å². The fraction of sp³-hybridized carbons (Fsp3) is 0.452. The molecule has 272 valence electrons. The molecule has 0 saturated carbocycles. The Labute approximate surface area is 277 Å². The lowest BCUT2D eigenvalue weighted by molar-refractivity contribution is -0.181. The number of halogens is 10. The molecule has 0 fully saturated rings. The Morgan fingerprint density at radius 2 is 1.51 bits per heavy atom. The van der Waals surface area contributed by atoms with Gasteiger partial charge in [-0.05, 0) is 42.8 Å². The number of carbonyl (C=O) groups is 2. The number of nitrogens with zero attached hydrogens (tertiary/aromatic N) is 1. The Balaban J connectivity index is 0.000000854. The number of hydrogen-bond donors (Lipinski definition) is 2. The van der Waals surface area contributed by atoms with Gasteiger partial charge in [-0.3, -0.25) is 4.79 Å². The van der Waals surface area contributed by atoms with Gasteiger partial charge in [0.05, 0.1) is 41.3 Å². The van der Waals surface area contributed by atoms with E-state index in [9.17, 15) is 53.2 Å². The highest BCUT2D eigenvalue weighted by molar-refractivity contribution is 6.50. The third kappa shape index (κ3) is 15.2. The third-order valence-electron chi connectivity index (χ3n) is 6.86. The summed E-state index contributed by atoms with van der Waals surface area (Å²) in [6.07, 6.45) is -10.8. The molecule has 0 bridgehead atoms. The lowest BCUT2D eigenvalue weighted by atomic mass is 9.81. The second-order valence-corrected chi connectivity index (χ2v) is 10.2. The predicted molar refractivity (Wildman–Crippen MR) is 163 cm³/mol. The van der Waals surface area contributed by atoms with Crippen molar-refractivity contribution in [2.45, 2.75) is 58.9 Å². The van der Waals surface area contributed by atoms with Gasteiger partial charge in [0.1, 0.15) is 25.6 Å². The molecule has 0 radical (unpaired) electrons. The van der Waals surface area contributed by atoms with Crippen molar-refractivity contribution in [2.24, 2.45) is 5.92 Å². The van der Waals surface area contributed by atoms with Gasteiger partial charge in [0.2, 0.25) is 0 Å². The molecule has 18 heteroatoms. The molecule has 49 heavy (non-hydrogen) atoms. The van der Waals surface area contributed by atoms with Crippen LogP contribution < -0.4 is 10.6 Å². The monoisotopic (exact) mass is 715 g/mol. The number of rotatable bonds is 9. The fourth-order valence-corrected chi connectivity index (χ4v) is 4.52. The molecule has 0 spiro atoms. The van der Waals surface area contributed by atoms with Gasteiger partial charge in [0, 0.05) is 39.3 Å². The molecule has 2 N–H and O–H groups in total. The van der Waals surface area contributed by atoms with Crippen LogP contribution in [0.1, 0.15) is 63.3 Å². The van der Waals surface area contributed by atoms with E-state index in [1.54, 1.807) is 0 Å². The van der Waals surface area contributed by atoms with E-state index in [0.717, 1.165) is 32.0 Å². The molecule has 0 heterocycles. The Bertz CT molecular complexity index is 1420. The minimum Gasteiger partial charge on any atom is -0.498 e. The van der Waals surface area contributed by atoms with Crippen LogP contribution in [0.2, 0.25) is 0 Å². The third-order valence-corrected chi connectivity index (χ3v) is 6.86. The summed E-state index contributed by atoms with van der Waals surface area (Å²) in [6, 6.07) is 9.03. The van der Waals surface area contributed by atoms with E-state index in [2.05, 4.69) is 35.8 Å². The summed E-state index contributed by atoms with van der Waals surface area (Å²) in [5.74, 6) is -3.11. The Morgan fingerprint density at radius 3 is 1.94 bits per heavy atom. The number of ether oxygens (including phenoxy) is 1. The summed E-state index contributed by atoms with van der Waals surface area (Å²) in [5.41, 5.74) is -0.898. The first-order valence-corrected chi connectivity index (χ1v) is 14.9. The van der Waals surface area contributed by atoms with Crippen molar-refractivity contribution in [3.8, 4) is 6.07 Å². The fourth-order valence-electron chi connectivity index (χ4n) is 4.52. The van der Waals surface area contributed by atoms with Crippen molar-refractivity contribution >= 4 is 24.8 Å². The summed E-state index contributed by atoms with van der Waals surface area (Å²) < 4.78 is 127. The van der Waals surface area contributed by atoms with E-state index in [0.29, 0.717) is 6.07 Å². The van der Waals surface area contributed by atoms with Crippen LogP contribution in [0.25, 0.3) is 0 Å². The minimum absolute atomic E-state index is 0.0484. The van der Waals surface area contributed by atoms with Gasteiger partial charge in [-0.25, -0.2) is 4.79 Å². The molecule has 2 amide bonds. The largest absolute Gasteiger partial charge is 0.673 e. The van der Waals surface area contributed by atoms with Gasteiger partial charge in [0.15, 0.2) is 5.78 Å². The van der Waals surface area contributed by atoms with Crippen LogP contribution in [0.4, 0.5) is 54.1 Å². The average Bonchev–Trinajstić information content (AvgIpc) is 3.00. The summed E-state index contributed by atoms with van der Waals surface area (Å²) in [4.78, 5) is 25.8. The number of benzene rings is 2. The first-order valence-electron chi connectivity index (χ1n) is 14.9. The Hall–Kier alpha value is -4.27. The van der Waals surface area contributed by atoms with Crippen LogP contribution in [0, 0.1) is 17.2 Å². The van der Waals surface area contributed by atoms with Gasteiger partial charge in [-0.1, -0.05) is 18.2 Å².